The maximum atomic E-state index is 5.64. The highest BCUT2D eigenvalue weighted by atomic mass is 16.5. The maximum Gasteiger partial charge on any atom is 0.142 e. The number of ether oxygens (including phenoxy) is 1. The van der Waals surface area contributed by atoms with Crippen molar-refractivity contribution < 1.29 is 4.74 Å². The molecule has 0 unspecified atom stereocenters. The van der Waals surface area contributed by atoms with Gasteiger partial charge in [-0.2, -0.15) is 0 Å². The van der Waals surface area contributed by atoms with Crippen LogP contribution in [0, 0.1) is 5.92 Å². The van der Waals surface area contributed by atoms with E-state index in [2.05, 4.69) is 44.0 Å². The van der Waals surface area contributed by atoms with Crippen LogP contribution in [0.5, 0.6) is 0 Å². The molecule has 0 spiro atoms. The van der Waals surface area contributed by atoms with Gasteiger partial charge in [-0.05, 0) is 30.6 Å². The standard InChI is InChI=1S/C14H21NO/c1-5-7-12(11(3)4)10-14-13(6-2)15-8-9-16-14/h5-7,10-11,15H,2,8-9H2,1,3-4H3/b7-5+,12-10+. The first-order chi connectivity index (χ1) is 7.69. The summed E-state index contributed by atoms with van der Waals surface area (Å²) in [4.78, 5) is 0. The monoisotopic (exact) mass is 219 g/mol. The zero-order valence-electron chi connectivity index (χ0n) is 10.4. The number of allylic oxidation sites excluding steroid dienone is 5. The Labute approximate surface area is 98.4 Å². The highest BCUT2D eigenvalue weighted by Crippen LogP contribution is 2.18. The zero-order chi connectivity index (χ0) is 12.0. The summed E-state index contributed by atoms with van der Waals surface area (Å²) in [6, 6.07) is 0. The third-order valence-corrected chi connectivity index (χ3v) is 2.47. The van der Waals surface area contributed by atoms with Gasteiger partial charge in [0.1, 0.15) is 12.4 Å². The average molecular weight is 219 g/mol. The quantitative estimate of drug-likeness (QED) is 0.733. The summed E-state index contributed by atoms with van der Waals surface area (Å²) >= 11 is 0. The van der Waals surface area contributed by atoms with E-state index in [0.29, 0.717) is 12.5 Å². The molecule has 0 aromatic heterocycles. The van der Waals surface area contributed by atoms with Crippen molar-refractivity contribution in [1.29, 1.82) is 0 Å². The van der Waals surface area contributed by atoms with E-state index in [0.717, 1.165) is 18.0 Å². The average Bonchev–Trinajstić information content (AvgIpc) is 2.29. The van der Waals surface area contributed by atoms with Crippen molar-refractivity contribution in [3.05, 3.63) is 47.9 Å². The van der Waals surface area contributed by atoms with Crippen molar-refractivity contribution in [2.45, 2.75) is 20.8 Å². The molecule has 1 rings (SSSR count). The van der Waals surface area contributed by atoms with Gasteiger partial charge in [0.25, 0.3) is 0 Å². The second-order valence-corrected chi connectivity index (χ2v) is 4.06. The Balaban J connectivity index is 3.01. The van der Waals surface area contributed by atoms with Crippen LogP contribution >= 0.6 is 0 Å². The van der Waals surface area contributed by atoms with E-state index in [1.54, 1.807) is 6.08 Å². The Morgan fingerprint density at radius 1 is 1.50 bits per heavy atom. The Morgan fingerprint density at radius 2 is 2.25 bits per heavy atom. The minimum absolute atomic E-state index is 0.486. The second kappa shape index (κ2) is 6.21. The molecule has 2 heteroatoms. The molecule has 1 N–H and O–H groups in total. The number of hydrogen-bond acceptors (Lipinski definition) is 2. The molecule has 1 aliphatic heterocycles. The predicted molar refractivity (Wildman–Crippen MR) is 68.9 cm³/mol. The van der Waals surface area contributed by atoms with Crippen LogP contribution in [0.15, 0.2) is 47.9 Å². The van der Waals surface area contributed by atoms with Gasteiger partial charge in [-0.3, -0.25) is 0 Å². The lowest BCUT2D eigenvalue weighted by Gasteiger charge is -2.20. The Bertz CT molecular complexity index is 335. The largest absolute Gasteiger partial charge is 0.490 e. The van der Waals surface area contributed by atoms with E-state index in [-0.39, 0.29) is 0 Å². The number of nitrogens with one attached hydrogen (secondary N) is 1. The minimum Gasteiger partial charge on any atom is -0.490 e. The van der Waals surface area contributed by atoms with Crippen LogP contribution in [0.4, 0.5) is 0 Å². The van der Waals surface area contributed by atoms with Crippen LogP contribution in [-0.2, 0) is 4.74 Å². The highest BCUT2D eigenvalue weighted by molar-refractivity contribution is 5.34. The molecule has 0 saturated carbocycles. The molecule has 1 aliphatic rings. The van der Waals surface area contributed by atoms with Gasteiger partial charge in [-0.15, -0.1) is 0 Å². The first-order valence-corrected chi connectivity index (χ1v) is 5.76. The zero-order valence-corrected chi connectivity index (χ0v) is 10.4. The molecule has 0 amide bonds. The fraction of sp³-hybridized carbons (Fsp3) is 0.429. The number of rotatable bonds is 4. The molecule has 16 heavy (non-hydrogen) atoms. The van der Waals surface area contributed by atoms with Crippen LogP contribution in [-0.4, -0.2) is 13.2 Å². The predicted octanol–water partition coefficient (Wildman–Crippen LogP) is 3.16. The van der Waals surface area contributed by atoms with Gasteiger partial charge in [0.15, 0.2) is 0 Å². The lowest BCUT2D eigenvalue weighted by Crippen LogP contribution is -2.25. The van der Waals surface area contributed by atoms with Crippen molar-refractivity contribution in [2.75, 3.05) is 13.2 Å². The first-order valence-electron chi connectivity index (χ1n) is 5.76. The molecule has 0 atom stereocenters. The van der Waals surface area contributed by atoms with Gasteiger partial charge in [0, 0.05) is 6.54 Å². The van der Waals surface area contributed by atoms with Crippen LogP contribution < -0.4 is 5.32 Å². The molecule has 0 aromatic carbocycles. The van der Waals surface area contributed by atoms with E-state index >= 15 is 0 Å². The van der Waals surface area contributed by atoms with Gasteiger partial charge in [0.05, 0.1) is 5.70 Å². The van der Waals surface area contributed by atoms with Crippen molar-refractivity contribution in [1.82, 2.24) is 5.32 Å². The van der Waals surface area contributed by atoms with Crippen LogP contribution in [0.2, 0.25) is 0 Å². The smallest absolute Gasteiger partial charge is 0.142 e. The molecule has 0 aromatic rings. The van der Waals surface area contributed by atoms with E-state index in [1.165, 1.54) is 5.57 Å². The molecular formula is C14H21NO. The Kier molecular flexibility index (Phi) is 4.90. The van der Waals surface area contributed by atoms with Gasteiger partial charge in [0.2, 0.25) is 0 Å². The van der Waals surface area contributed by atoms with Crippen molar-refractivity contribution in [3.8, 4) is 0 Å². The minimum atomic E-state index is 0.486. The normalized spacial score (nSPS) is 17.6. The molecule has 0 bridgehead atoms. The highest BCUT2D eigenvalue weighted by Gasteiger charge is 2.10. The molecule has 0 fully saturated rings. The molecule has 0 aliphatic carbocycles. The van der Waals surface area contributed by atoms with Crippen LogP contribution in [0.3, 0.4) is 0 Å². The maximum absolute atomic E-state index is 5.64. The van der Waals surface area contributed by atoms with Gasteiger partial charge in [-0.25, -0.2) is 0 Å². The summed E-state index contributed by atoms with van der Waals surface area (Å²) in [5, 5.41) is 3.27. The fourth-order valence-electron chi connectivity index (χ4n) is 1.55. The molecular weight excluding hydrogens is 198 g/mol. The van der Waals surface area contributed by atoms with E-state index in [4.69, 9.17) is 4.74 Å². The number of hydrogen-bond donors (Lipinski definition) is 1. The van der Waals surface area contributed by atoms with Crippen LogP contribution in [0.25, 0.3) is 0 Å². The fourth-order valence-corrected chi connectivity index (χ4v) is 1.55. The lowest BCUT2D eigenvalue weighted by atomic mass is 10.0. The first kappa shape index (κ1) is 12.6. The van der Waals surface area contributed by atoms with Gasteiger partial charge < -0.3 is 10.1 Å². The Hall–Kier alpha value is -1.44. The van der Waals surface area contributed by atoms with E-state index < -0.39 is 0 Å². The summed E-state index contributed by atoms with van der Waals surface area (Å²) in [5.74, 6) is 1.38. The lowest BCUT2D eigenvalue weighted by molar-refractivity contribution is 0.205. The summed E-state index contributed by atoms with van der Waals surface area (Å²) in [5.41, 5.74) is 2.24. The second-order valence-electron chi connectivity index (χ2n) is 4.06. The van der Waals surface area contributed by atoms with E-state index in [9.17, 15) is 0 Å². The SMILES string of the molecule is C=CC1=C(/C=C(\C=C\C)C(C)C)OCCN1. The molecule has 2 nitrogen and oxygen atoms in total. The third-order valence-electron chi connectivity index (χ3n) is 2.47. The summed E-state index contributed by atoms with van der Waals surface area (Å²) in [7, 11) is 0. The van der Waals surface area contributed by atoms with Gasteiger partial charge in [-0.1, -0.05) is 32.6 Å². The Morgan fingerprint density at radius 3 is 2.81 bits per heavy atom. The molecule has 1 heterocycles. The molecule has 88 valence electrons. The van der Waals surface area contributed by atoms with Crippen molar-refractivity contribution >= 4 is 0 Å². The van der Waals surface area contributed by atoms with Crippen molar-refractivity contribution in [2.24, 2.45) is 5.92 Å². The summed E-state index contributed by atoms with van der Waals surface area (Å²) in [6.07, 6.45) is 8.07. The molecule has 0 saturated heterocycles. The topological polar surface area (TPSA) is 21.3 Å². The van der Waals surface area contributed by atoms with Crippen molar-refractivity contribution in [3.63, 3.8) is 0 Å². The van der Waals surface area contributed by atoms with Crippen LogP contribution in [0.1, 0.15) is 20.8 Å². The molecule has 0 radical (unpaired) electrons. The van der Waals surface area contributed by atoms with E-state index in [1.807, 2.05) is 6.92 Å². The van der Waals surface area contributed by atoms with Gasteiger partial charge >= 0.3 is 0 Å². The summed E-state index contributed by atoms with van der Waals surface area (Å²) < 4.78 is 5.64. The third kappa shape index (κ3) is 3.30. The summed E-state index contributed by atoms with van der Waals surface area (Å²) in [6.45, 7) is 11.7.